The van der Waals surface area contributed by atoms with Gasteiger partial charge < -0.3 is 5.11 Å². The van der Waals surface area contributed by atoms with Crippen molar-refractivity contribution in [1.82, 2.24) is 0 Å². The number of carboxylic acid groups (broad SMARTS) is 1. The van der Waals surface area contributed by atoms with E-state index >= 15 is 0 Å². The van der Waals surface area contributed by atoms with Crippen LogP contribution in [-0.2, 0) is 4.79 Å². The van der Waals surface area contributed by atoms with Crippen molar-refractivity contribution < 1.29 is 9.90 Å². The molecule has 1 N–H and O–H groups in total. The summed E-state index contributed by atoms with van der Waals surface area (Å²) in [6.45, 7) is 1.71. The van der Waals surface area contributed by atoms with E-state index in [4.69, 9.17) is 5.11 Å². The van der Waals surface area contributed by atoms with Crippen LogP contribution in [0.1, 0.15) is 17.7 Å². The molecule has 1 unspecified atom stereocenters. The Bertz CT molecular complexity index is 518. The molecule has 2 nitrogen and oxygen atoms in total. The summed E-state index contributed by atoms with van der Waals surface area (Å²) < 4.78 is 2.13. The van der Waals surface area contributed by atoms with Gasteiger partial charge in [-0.2, -0.15) is 0 Å². The second-order valence-corrected chi connectivity index (χ2v) is 5.30. The van der Waals surface area contributed by atoms with Gasteiger partial charge in [-0.25, -0.2) is 0 Å². The number of rotatable bonds is 2. The van der Waals surface area contributed by atoms with Crippen LogP contribution in [-0.4, -0.2) is 11.1 Å². The summed E-state index contributed by atoms with van der Waals surface area (Å²) in [6, 6.07) is 7.86. The molecule has 15 heavy (non-hydrogen) atoms. The van der Waals surface area contributed by atoms with Gasteiger partial charge in [0.15, 0.2) is 0 Å². The predicted octanol–water partition coefficient (Wildman–Crippen LogP) is 3.85. The standard InChI is InChI=1S/C11H9BrO2S/c1-6(11(13)14)9-5-7-3-2-4-8(12)10(7)15-9/h2-6H,1H3,(H,13,14). The van der Waals surface area contributed by atoms with Gasteiger partial charge in [-0.05, 0) is 40.4 Å². The third-order valence-electron chi connectivity index (χ3n) is 2.31. The van der Waals surface area contributed by atoms with E-state index in [2.05, 4.69) is 15.9 Å². The second-order valence-electron chi connectivity index (χ2n) is 3.37. The molecule has 1 aromatic carbocycles. The number of carbonyl (C=O) groups is 1. The van der Waals surface area contributed by atoms with Crippen LogP contribution in [0, 0.1) is 0 Å². The van der Waals surface area contributed by atoms with E-state index in [0.29, 0.717) is 0 Å². The van der Waals surface area contributed by atoms with Crippen LogP contribution in [0.3, 0.4) is 0 Å². The third kappa shape index (κ3) is 1.92. The zero-order valence-electron chi connectivity index (χ0n) is 8.03. The number of aliphatic carboxylic acids is 1. The molecule has 2 rings (SSSR count). The van der Waals surface area contributed by atoms with Gasteiger partial charge in [0.1, 0.15) is 0 Å². The van der Waals surface area contributed by atoms with Gasteiger partial charge in [-0.15, -0.1) is 11.3 Å². The van der Waals surface area contributed by atoms with E-state index in [1.54, 1.807) is 6.92 Å². The second kappa shape index (κ2) is 3.94. The van der Waals surface area contributed by atoms with Crippen LogP contribution in [0.4, 0.5) is 0 Å². The fourth-order valence-electron chi connectivity index (χ4n) is 1.38. The fraction of sp³-hybridized carbons (Fsp3) is 0.182. The van der Waals surface area contributed by atoms with E-state index in [9.17, 15) is 4.79 Å². The lowest BCUT2D eigenvalue weighted by Gasteiger charge is -2.00. The largest absolute Gasteiger partial charge is 0.481 e. The van der Waals surface area contributed by atoms with Crippen LogP contribution in [0.2, 0.25) is 0 Å². The smallest absolute Gasteiger partial charge is 0.311 e. The number of carboxylic acids is 1. The first-order valence-corrected chi connectivity index (χ1v) is 6.11. The first-order valence-electron chi connectivity index (χ1n) is 4.50. The number of fused-ring (bicyclic) bond motifs is 1. The molecule has 0 saturated carbocycles. The summed E-state index contributed by atoms with van der Waals surface area (Å²) in [4.78, 5) is 11.7. The Hall–Kier alpha value is -0.870. The maximum absolute atomic E-state index is 10.9. The monoisotopic (exact) mass is 284 g/mol. The van der Waals surface area contributed by atoms with E-state index < -0.39 is 11.9 Å². The predicted molar refractivity (Wildman–Crippen MR) is 65.6 cm³/mol. The number of thiophene rings is 1. The molecule has 0 amide bonds. The quantitative estimate of drug-likeness (QED) is 0.910. The summed E-state index contributed by atoms with van der Waals surface area (Å²) in [5.41, 5.74) is 0. The number of hydrogen-bond acceptors (Lipinski definition) is 2. The van der Waals surface area contributed by atoms with Gasteiger partial charge in [-0.1, -0.05) is 12.1 Å². The normalized spacial score (nSPS) is 12.9. The molecule has 0 bridgehead atoms. The average molecular weight is 285 g/mol. The Morgan fingerprint density at radius 2 is 2.27 bits per heavy atom. The third-order valence-corrected chi connectivity index (χ3v) is 4.60. The van der Waals surface area contributed by atoms with Gasteiger partial charge in [0.25, 0.3) is 0 Å². The summed E-state index contributed by atoms with van der Waals surface area (Å²) in [7, 11) is 0. The summed E-state index contributed by atoms with van der Waals surface area (Å²) in [5, 5.41) is 10.0. The van der Waals surface area contributed by atoms with Gasteiger partial charge in [0, 0.05) is 14.0 Å². The van der Waals surface area contributed by atoms with E-state index in [1.807, 2.05) is 24.3 Å². The van der Waals surface area contributed by atoms with Crippen molar-refractivity contribution in [2.45, 2.75) is 12.8 Å². The summed E-state index contributed by atoms with van der Waals surface area (Å²) >= 11 is 4.99. The summed E-state index contributed by atoms with van der Waals surface area (Å²) in [5.74, 6) is -1.22. The van der Waals surface area contributed by atoms with Crippen LogP contribution >= 0.6 is 27.3 Å². The van der Waals surface area contributed by atoms with Crippen molar-refractivity contribution in [3.8, 4) is 0 Å². The van der Waals surface area contributed by atoms with Gasteiger partial charge in [0.2, 0.25) is 0 Å². The molecular weight excluding hydrogens is 276 g/mol. The molecule has 4 heteroatoms. The Labute approximate surface area is 99.7 Å². The van der Waals surface area contributed by atoms with Gasteiger partial charge in [0.05, 0.1) is 5.92 Å². The molecule has 1 atom stereocenters. The van der Waals surface area contributed by atoms with Crippen molar-refractivity contribution in [2.75, 3.05) is 0 Å². The van der Waals surface area contributed by atoms with Crippen molar-refractivity contribution >= 4 is 43.3 Å². The molecule has 0 radical (unpaired) electrons. The van der Waals surface area contributed by atoms with Crippen molar-refractivity contribution in [2.24, 2.45) is 0 Å². The molecule has 2 aromatic rings. The molecule has 78 valence electrons. The fourth-order valence-corrected chi connectivity index (χ4v) is 3.12. The maximum atomic E-state index is 10.9. The Balaban J connectivity index is 2.56. The minimum absolute atomic E-state index is 0.436. The first-order chi connectivity index (χ1) is 7.09. The van der Waals surface area contributed by atoms with Crippen molar-refractivity contribution in [1.29, 1.82) is 0 Å². The van der Waals surface area contributed by atoms with Crippen molar-refractivity contribution in [3.05, 3.63) is 33.6 Å². The highest BCUT2D eigenvalue weighted by molar-refractivity contribution is 9.10. The van der Waals surface area contributed by atoms with E-state index in [-0.39, 0.29) is 0 Å². The highest BCUT2D eigenvalue weighted by Gasteiger charge is 2.16. The van der Waals surface area contributed by atoms with Crippen LogP contribution in [0.5, 0.6) is 0 Å². The lowest BCUT2D eigenvalue weighted by molar-refractivity contribution is -0.138. The average Bonchev–Trinajstić information content (AvgIpc) is 2.61. The van der Waals surface area contributed by atoms with E-state index in [0.717, 1.165) is 19.4 Å². The topological polar surface area (TPSA) is 37.3 Å². The molecule has 0 aliphatic carbocycles. The molecule has 1 aromatic heterocycles. The van der Waals surface area contributed by atoms with E-state index in [1.165, 1.54) is 11.3 Å². The molecule has 0 fully saturated rings. The number of halogens is 1. The van der Waals surface area contributed by atoms with Crippen LogP contribution < -0.4 is 0 Å². The molecule has 1 heterocycles. The minimum Gasteiger partial charge on any atom is -0.481 e. The molecule has 0 saturated heterocycles. The minimum atomic E-state index is -0.780. The SMILES string of the molecule is CC(C(=O)O)c1cc2cccc(Br)c2s1. The molecule has 0 spiro atoms. The van der Waals surface area contributed by atoms with Gasteiger partial charge >= 0.3 is 5.97 Å². The summed E-state index contributed by atoms with van der Waals surface area (Å²) in [6.07, 6.45) is 0. The lowest BCUT2D eigenvalue weighted by atomic mass is 10.1. The number of hydrogen-bond donors (Lipinski definition) is 1. The molecule has 0 aliphatic heterocycles. The zero-order valence-corrected chi connectivity index (χ0v) is 10.4. The first kappa shape index (κ1) is 10.6. The molecular formula is C11H9BrO2S. The lowest BCUT2D eigenvalue weighted by Crippen LogP contribution is -2.04. The van der Waals surface area contributed by atoms with Crippen molar-refractivity contribution in [3.63, 3.8) is 0 Å². The van der Waals surface area contributed by atoms with Gasteiger partial charge in [-0.3, -0.25) is 4.79 Å². The Kier molecular flexibility index (Phi) is 2.80. The number of benzene rings is 1. The Morgan fingerprint density at radius 1 is 1.53 bits per heavy atom. The highest BCUT2D eigenvalue weighted by Crippen LogP contribution is 2.35. The molecule has 0 aliphatic rings. The zero-order chi connectivity index (χ0) is 11.0. The Morgan fingerprint density at radius 3 is 2.87 bits per heavy atom. The highest BCUT2D eigenvalue weighted by atomic mass is 79.9. The van der Waals surface area contributed by atoms with Crippen LogP contribution in [0.25, 0.3) is 10.1 Å². The maximum Gasteiger partial charge on any atom is 0.311 e. The van der Waals surface area contributed by atoms with Crippen LogP contribution in [0.15, 0.2) is 28.7 Å².